The summed E-state index contributed by atoms with van der Waals surface area (Å²) >= 11 is 0. The van der Waals surface area contributed by atoms with E-state index in [-0.39, 0.29) is 6.54 Å². The highest BCUT2D eigenvalue weighted by molar-refractivity contribution is 4.86. The van der Waals surface area contributed by atoms with E-state index in [0.29, 0.717) is 0 Å². The summed E-state index contributed by atoms with van der Waals surface area (Å²) < 4.78 is 4.68. The summed E-state index contributed by atoms with van der Waals surface area (Å²) in [5, 5.41) is 30.1. The first-order valence-electron chi connectivity index (χ1n) is 3.37. The van der Waals surface area contributed by atoms with E-state index in [9.17, 15) is 0 Å². The first-order valence-corrected chi connectivity index (χ1v) is 3.37. The molecule has 1 aliphatic heterocycles. The van der Waals surface area contributed by atoms with E-state index in [4.69, 9.17) is 20.9 Å². The maximum Gasteiger partial charge on any atom is 0.183 e. The van der Waals surface area contributed by atoms with Gasteiger partial charge in [0, 0.05) is 4.91 Å². The second kappa shape index (κ2) is 3.70. The maximum atomic E-state index is 9.14. The van der Waals surface area contributed by atoms with E-state index in [2.05, 4.69) is 14.8 Å². The van der Waals surface area contributed by atoms with Gasteiger partial charge in [0.15, 0.2) is 6.29 Å². The van der Waals surface area contributed by atoms with Crippen molar-refractivity contribution in [3.63, 3.8) is 0 Å². The Labute approximate surface area is 67.8 Å². The predicted molar refractivity (Wildman–Crippen MR) is 36.9 cm³/mol. The highest BCUT2D eigenvalue weighted by atomic mass is 16.6. The largest absolute Gasteiger partial charge is 0.387 e. The van der Waals surface area contributed by atoms with Crippen molar-refractivity contribution in [1.82, 2.24) is 0 Å². The molecule has 0 bridgehead atoms. The van der Waals surface area contributed by atoms with Crippen LogP contribution in [0.1, 0.15) is 0 Å². The fourth-order valence-electron chi connectivity index (χ4n) is 0.997. The van der Waals surface area contributed by atoms with Crippen molar-refractivity contribution in [2.75, 3.05) is 6.54 Å². The van der Waals surface area contributed by atoms with Crippen LogP contribution in [-0.4, -0.2) is 46.5 Å². The van der Waals surface area contributed by atoms with Crippen LogP contribution in [0, 0.1) is 0 Å². The van der Waals surface area contributed by atoms with Crippen LogP contribution in [0.2, 0.25) is 0 Å². The molecule has 0 spiro atoms. The van der Waals surface area contributed by atoms with Crippen LogP contribution in [0.4, 0.5) is 0 Å². The Morgan fingerprint density at radius 1 is 1.33 bits per heavy atom. The molecule has 1 saturated heterocycles. The fourth-order valence-corrected chi connectivity index (χ4v) is 0.997. The summed E-state index contributed by atoms with van der Waals surface area (Å²) in [5.74, 6) is 0. The second-order valence-corrected chi connectivity index (χ2v) is 2.46. The number of ether oxygens (including phenoxy) is 1. The molecule has 0 amide bonds. The van der Waals surface area contributed by atoms with Gasteiger partial charge >= 0.3 is 0 Å². The zero-order valence-electron chi connectivity index (χ0n) is 6.11. The van der Waals surface area contributed by atoms with E-state index >= 15 is 0 Å². The summed E-state index contributed by atoms with van der Waals surface area (Å²) in [7, 11) is 0. The summed E-state index contributed by atoms with van der Waals surface area (Å²) in [6.07, 6.45) is -4.76. The SMILES string of the molecule is [N-]=[N+]=NC[C@H]1OC(O)[C@@H](O)[C@@H]1O. The molecule has 1 heterocycles. The molecule has 0 saturated carbocycles. The molecule has 1 aliphatic rings. The molecule has 0 radical (unpaired) electrons. The highest BCUT2D eigenvalue weighted by Gasteiger charge is 2.41. The molecule has 7 heteroatoms. The second-order valence-electron chi connectivity index (χ2n) is 2.46. The van der Waals surface area contributed by atoms with Crippen molar-refractivity contribution in [2.45, 2.75) is 24.6 Å². The lowest BCUT2D eigenvalue weighted by atomic mass is 10.1. The van der Waals surface area contributed by atoms with Crippen molar-refractivity contribution in [3.05, 3.63) is 10.4 Å². The Hall–Kier alpha value is -0.850. The minimum absolute atomic E-state index is 0.105. The summed E-state index contributed by atoms with van der Waals surface area (Å²) in [6.45, 7) is -0.105. The van der Waals surface area contributed by atoms with Crippen LogP contribution < -0.4 is 0 Å². The van der Waals surface area contributed by atoms with Gasteiger partial charge in [0.1, 0.15) is 12.2 Å². The van der Waals surface area contributed by atoms with Gasteiger partial charge in [-0.25, -0.2) is 0 Å². The molecule has 0 aromatic carbocycles. The van der Waals surface area contributed by atoms with Crippen LogP contribution in [0.25, 0.3) is 10.4 Å². The summed E-state index contributed by atoms with van der Waals surface area (Å²) in [6, 6.07) is 0. The lowest BCUT2D eigenvalue weighted by Crippen LogP contribution is -2.33. The zero-order valence-corrected chi connectivity index (χ0v) is 6.11. The van der Waals surface area contributed by atoms with Gasteiger partial charge in [0.05, 0.1) is 12.6 Å². The Morgan fingerprint density at radius 2 is 2.00 bits per heavy atom. The minimum Gasteiger partial charge on any atom is -0.387 e. The Balaban J connectivity index is 2.52. The Bertz CT molecular complexity index is 205. The van der Waals surface area contributed by atoms with Gasteiger partial charge in [-0.15, -0.1) is 0 Å². The summed E-state index contributed by atoms with van der Waals surface area (Å²) in [5.41, 5.74) is 7.94. The standard InChI is InChI=1S/C5H9N3O4/c6-8-7-1-2-3(9)4(10)5(11)12-2/h2-5,9-11H,1H2/t2-,3-,4+,5?/m1/s1. The monoisotopic (exact) mass is 175 g/mol. The third-order valence-electron chi connectivity index (χ3n) is 1.66. The van der Waals surface area contributed by atoms with E-state index < -0.39 is 24.6 Å². The molecule has 12 heavy (non-hydrogen) atoms. The molecule has 0 aromatic heterocycles. The molecule has 1 unspecified atom stereocenters. The zero-order chi connectivity index (χ0) is 9.14. The molecule has 3 N–H and O–H groups in total. The topological polar surface area (TPSA) is 119 Å². The van der Waals surface area contributed by atoms with Gasteiger partial charge in [-0.2, -0.15) is 0 Å². The van der Waals surface area contributed by atoms with Crippen LogP contribution >= 0.6 is 0 Å². The maximum absolute atomic E-state index is 9.14. The third kappa shape index (κ3) is 1.66. The predicted octanol–water partition coefficient (Wildman–Crippen LogP) is -1.26. The molecule has 1 rings (SSSR count). The molecular formula is C5H9N3O4. The Morgan fingerprint density at radius 3 is 2.42 bits per heavy atom. The highest BCUT2D eigenvalue weighted by Crippen LogP contribution is 2.19. The molecule has 68 valence electrons. The Kier molecular flexibility index (Phi) is 2.85. The van der Waals surface area contributed by atoms with Crippen LogP contribution in [-0.2, 0) is 4.74 Å². The van der Waals surface area contributed by atoms with Crippen LogP contribution in [0.5, 0.6) is 0 Å². The number of azide groups is 1. The van der Waals surface area contributed by atoms with Gasteiger partial charge in [0.2, 0.25) is 0 Å². The third-order valence-corrected chi connectivity index (χ3v) is 1.66. The fraction of sp³-hybridized carbons (Fsp3) is 1.00. The van der Waals surface area contributed by atoms with Crippen LogP contribution in [0.3, 0.4) is 0 Å². The number of aliphatic hydroxyl groups is 3. The first-order chi connectivity index (χ1) is 5.66. The molecule has 4 atom stereocenters. The van der Waals surface area contributed by atoms with E-state index in [0.717, 1.165) is 0 Å². The number of nitrogens with zero attached hydrogens (tertiary/aromatic N) is 3. The van der Waals surface area contributed by atoms with E-state index in [1.165, 1.54) is 0 Å². The number of hydrogen-bond donors (Lipinski definition) is 3. The lowest BCUT2D eigenvalue weighted by Gasteiger charge is -2.10. The smallest absolute Gasteiger partial charge is 0.183 e. The van der Waals surface area contributed by atoms with Crippen molar-refractivity contribution in [1.29, 1.82) is 0 Å². The van der Waals surface area contributed by atoms with Crippen molar-refractivity contribution >= 4 is 0 Å². The van der Waals surface area contributed by atoms with Gasteiger partial charge < -0.3 is 20.1 Å². The normalized spacial score (nSPS) is 40.9. The quantitative estimate of drug-likeness (QED) is 0.275. The molecule has 1 fully saturated rings. The van der Waals surface area contributed by atoms with E-state index in [1.807, 2.05) is 0 Å². The van der Waals surface area contributed by atoms with Gasteiger partial charge in [0.25, 0.3) is 0 Å². The average molecular weight is 175 g/mol. The number of rotatable bonds is 2. The van der Waals surface area contributed by atoms with Crippen molar-refractivity contribution in [3.8, 4) is 0 Å². The molecule has 0 aliphatic carbocycles. The van der Waals surface area contributed by atoms with Gasteiger partial charge in [-0.05, 0) is 5.53 Å². The first kappa shape index (κ1) is 9.24. The summed E-state index contributed by atoms with van der Waals surface area (Å²) in [4.78, 5) is 2.45. The average Bonchev–Trinajstić information content (AvgIpc) is 2.30. The number of aliphatic hydroxyl groups excluding tert-OH is 3. The van der Waals surface area contributed by atoms with Crippen molar-refractivity contribution in [2.24, 2.45) is 5.11 Å². The van der Waals surface area contributed by atoms with Crippen molar-refractivity contribution < 1.29 is 20.1 Å². The molecular weight excluding hydrogens is 166 g/mol. The van der Waals surface area contributed by atoms with Gasteiger partial charge in [-0.1, -0.05) is 5.11 Å². The van der Waals surface area contributed by atoms with Crippen LogP contribution in [0.15, 0.2) is 5.11 Å². The minimum atomic E-state index is -1.40. The number of hydrogen-bond acceptors (Lipinski definition) is 5. The lowest BCUT2D eigenvalue weighted by molar-refractivity contribution is -0.125. The molecule has 0 aromatic rings. The van der Waals surface area contributed by atoms with Gasteiger partial charge in [-0.3, -0.25) is 0 Å². The van der Waals surface area contributed by atoms with E-state index in [1.54, 1.807) is 0 Å². The molecule has 7 nitrogen and oxygen atoms in total.